The minimum atomic E-state index is -0.0921. The first-order chi connectivity index (χ1) is 11.6. The van der Waals surface area contributed by atoms with Crippen molar-refractivity contribution in [3.8, 4) is 0 Å². The van der Waals surface area contributed by atoms with Crippen LogP contribution in [0.4, 0.5) is 0 Å². The summed E-state index contributed by atoms with van der Waals surface area (Å²) < 4.78 is 1.90. The number of hydrazone groups is 1. The minimum Gasteiger partial charge on any atom is -0.272 e. The molecule has 2 aliphatic rings. The maximum absolute atomic E-state index is 12.5. The standard InChI is InChI=1S/C18H22N4OS/c1-11-6-7-16-12(8-11)9-17(24-16)18(23)21-20-14-4-3-5-15-13(14)10-19-22(15)2/h9-11H,3-8H2,1-2H3,(H,21,23)/t11-/m0/s1. The predicted octanol–water partition coefficient (Wildman–Crippen LogP) is 3.08. The van der Waals surface area contributed by atoms with Crippen molar-refractivity contribution < 1.29 is 4.79 Å². The van der Waals surface area contributed by atoms with E-state index in [1.807, 2.05) is 17.9 Å². The van der Waals surface area contributed by atoms with Gasteiger partial charge in [-0.2, -0.15) is 10.2 Å². The molecule has 1 amide bonds. The summed E-state index contributed by atoms with van der Waals surface area (Å²) in [6.07, 6.45) is 8.22. The maximum atomic E-state index is 12.5. The third-order valence-electron chi connectivity index (χ3n) is 5.05. The Hall–Kier alpha value is -1.95. The van der Waals surface area contributed by atoms with E-state index in [0.717, 1.165) is 54.2 Å². The Morgan fingerprint density at radius 3 is 3.17 bits per heavy atom. The zero-order valence-corrected chi connectivity index (χ0v) is 14.9. The van der Waals surface area contributed by atoms with Crippen LogP contribution in [0, 0.1) is 5.92 Å². The second kappa shape index (κ2) is 6.16. The van der Waals surface area contributed by atoms with Gasteiger partial charge in [0.25, 0.3) is 5.91 Å². The van der Waals surface area contributed by atoms with E-state index >= 15 is 0 Å². The number of rotatable bonds is 2. The summed E-state index contributed by atoms with van der Waals surface area (Å²) in [7, 11) is 1.96. The lowest BCUT2D eigenvalue weighted by atomic mass is 9.90. The van der Waals surface area contributed by atoms with Gasteiger partial charge in [0.2, 0.25) is 0 Å². The predicted molar refractivity (Wildman–Crippen MR) is 95.7 cm³/mol. The van der Waals surface area contributed by atoms with Gasteiger partial charge >= 0.3 is 0 Å². The third kappa shape index (κ3) is 2.79. The second-order valence-electron chi connectivity index (χ2n) is 6.89. The Bertz CT molecular complexity index is 817. The first-order valence-corrected chi connectivity index (χ1v) is 9.43. The van der Waals surface area contributed by atoms with E-state index in [2.05, 4.69) is 28.6 Å². The monoisotopic (exact) mass is 342 g/mol. The van der Waals surface area contributed by atoms with Crippen molar-refractivity contribution in [1.29, 1.82) is 0 Å². The first kappa shape index (κ1) is 15.6. The lowest BCUT2D eigenvalue weighted by Gasteiger charge is -2.16. The summed E-state index contributed by atoms with van der Waals surface area (Å²) in [5, 5.41) is 8.72. The summed E-state index contributed by atoms with van der Waals surface area (Å²) in [5.74, 6) is 0.625. The summed E-state index contributed by atoms with van der Waals surface area (Å²) in [5.41, 5.74) is 7.33. The van der Waals surface area contributed by atoms with Crippen molar-refractivity contribution >= 4 is 23.0 Å². The quantitative estimate of drug-likeness (QED) is 0.853. The smallest absolute Gasteiger partial charge is 0.272 e. The summed E-state index contributed by atoms with van der Waals surface area (Å²) in [4.78, 5) is 14.6. The van der Waals surface area contributed by atoms with Gasteiger partial charge in [-0.1, -0.05) is 6.92 Å². The molecule has 2 heterocycles. The number of thiophene rings is 1. The van der Waals surface area contributed by atoms with Gasteiger partial charge in [-0.15, -0.1) is 11.3 Å². The molecule has 126 valence electrons. The molecule has 2 aromatic heterocycles. The molecule has 0 unspecified atom stereocenters. The van der Waals surface area contributed by atoms with Crippen LogP contribution in [0.3, 0.4) is 0 Å². The van der Waals surface area contributed by atoms with Crippen molar-refractivity contribution in [2.75, 3.05) is 0 Å². The van der Waals surface area contributed by atoms with E-state index in [1.54, 1.807) is 11.3 Å². The zero-order valence-electron chi connectivity index (χ0n) is 14.1. The van der Waals surface area contributed by atoms with Crippen LogP contribution in [-0.4, -0.2) is 21.4 Å². The average Bonchev–Trinajstić information content (AvgIpc) is 3.16. The van der Waals surface area contributed by atoms with Gasteiger partial charge in [-0.05, 0) is 56.1 Å². The Morgan fingerprint density at radius 2 is 2.29 bits per heavy atom. The van der Waals surface area contributed by atoms with E-state index in [0.29, 0.717) is 0 Å². The van der Waals surface area contributed by atoms with Crippen molar-refractivity contribution in [2.45, 2.75) is 45.4 Å². The fourth-order valence-corrected chi connectivity index (χ4v) is 4.76. The molecule has 24 heavy (non-hydrogen) atoms. The van der Waals surface area contributed by atoms with Crippen molar-refractivity contribution in [2.24, 2.45) is 18.1 Å². The molecule has 0 bridgehead atoms. The minimum absolute atomic E-state index is 0.0921. The molecule has 6 heteroatoms. The number of nitrogens with one attached hydrogen (secondary N) is 1. The Kier molecular flexibility index (Phi) is 4.00. The molecule has 0 fully saturated rings. The summed E-state index contributed by atoms with van der Waals surface area (Å²) in [6.45, 7) is 2.28. The van der Waals surface area contributed by atoms with Crippen LogP contribution in [0.5, 0.6) is 0 Å². The molecule has 2 aliphatic carbocycles. The van der Waals surface area contributed by atoms with Gasteiger partial charge in [0.05, 0.1) is 16.8 Å². The lowest BCUT2D eigenvalue weighted by molar-refractivity contribution is 0.0958. The van der Waals surface area contributed by atoms with Gasteiger partial charge < -0.3 is 0 Å². The van der Waals surface area contributed by atoms with Crippen molar-refractivity contribution in [3.63, 3.8) is 0 Å². The highest BCUT2D eigenvalue weighted by Gasteiger charge is 2.22. The topological polar surface area (TPSA) is 59.3 Å². The molecule has 0 saturated carbocycles. The van der Waals surface area contributed by atoms with Crippen LogP contribution in [0.2, 0.25) is 0 Å². The van der Waals surface area contributed by atoms with E-state index < -0.39 is 0 Å². The molecule has 4 rings (SSSR count). The lowest BCUT2D eigenvalue weighted by Crippen LogP contribution is -2.21. The molecular weight excluding hydrogens is 320 g/mol. The summed E-state index contributed by atoms with van der Waals surface area (Å²) in [6, 6.07) is 2.06. The van der Waals surface area contributed by atoms with Crippen LogP contribution < -0.4 is 5.43 Å². The molecule has 0 aromatic carbocycles. The van der Waals surface area contributed by atoms with E-state index in [-0.39, 0.29) is 5.91 Å². The molecule has 1 N–H and O–H groups in total. The number of aryl methyl sites for hydroxylation is 2. The maximum Gasteiger partial charge on any atom is 0.281 e. The largest absolute Gasteiger partial charge is 0.281 e. The molecule has 5 nitrogen and oxygen atoms in total. The Balaban J connectivity index is 1.51. The van der Waals surface area contributed by atoms with Gasteiger partial charge in [0, 0.05) is 23.2 Å². The van der Waals surface area contributed by atoms with Gasteiger partial charge in [0.15, 0.2) is 0 Å². The van der Waals surface area contributed by atoms with Crippen LogP contribution in [0.25, 0.3) is 0 Å². The highest BCUT2D eigenvalue weighted by molar-refractivity contribution is 7.14. The van der Waals surface area contributed by atoms with E-state index in [9.17, 15) is 4.79 Å². The van der Waals surface area contributed by atoms with Crippen LogP contribution >= 0.6 is 11.3 Å². The van der Waals surface area contributed by atoms with Crippen LogP contribution in [-0.2, 0) is 26.3 Å². The molecule has 0 spiro atoms. The van der Waals surface area contributed by atoms with Crippen LogP contribution in [0.15, 0.2) is 17.4 Å². The molecular formula is C18H22N4OS. The van der Waals surface area contributed by atoms with E-state index in [1.165, 1.54) is 22.6 Å². The SMILES string of the molecule is C[C@H]1CCc2sc(C(=O)NN=C3CCCc4c3cnn4C)cc2C1. The number of nitrogens with zero attached hydrogens (tertiary/aromatic N) is 3. The number of hydrogen-bond donors (Lipinski definition) is 1. The average molecular weight is 342 g/mol. The number of fused-ring (bicyclic) bond motifs is 2. The zero-order chi connectivity index (χ0) is 16.7. The van der Waals surface area contributed by atoms with Crippen LogP contribution in [0.1, 0.15) is 57.6 Å². The number of carbonyl (C=O) groups is 1. The Labute approximate surface area is 145 Å². The van der Waals surface area contributed by atoms with Gasteiger partial charge in [-0.25, -0.2) is 5.43 Å². The fourth-order valence-electron chi connectivity index (χ4n) is 3.67. The van der Waals surface area contributed by atoms with Crippen molar-refractivity contribution in [3.05, 3.63) is 38.8 Å². The number of aromatic nitrogens is 2. The number of carbonyl (C=O) groups excluding carboxylic acids is 1. The molecule has 2 aromatic rings. The highest BCUT2D eigenvalue weighted by atomic mass is 32.1. The van der Waals surface area contributed by atoms with Gasteiger partial charge in [-0.3, -0.25) is 9.48 Å². The number of hydrogen-bond acceptors (Lipinski definition) is 4. The second-order valence-corrected chi connectivity index (χ2v) is 8.03. The fraction of sp³-hybridized carbons (Fsp3) is 0.500. The molecule has 0 saturated heterocycles. The van der Waals surface area contributed by atoms with Crippen molar-refractivity contribution in [1.82, 2.24) is 15.2 Å². The third-order valence-corrected chi connectivity index (χ3v) is 6.28. The highest BCUT2D eigenvalue weighted by Crippen LogP contribution is 2.32. The summed E-state index contributed by atoms with van der Waals surface area (Å²) >= 11 is 1.62. The normalized spacial score (nSPS) is 21.4. The van der Waals surface area contributed by atoms with E-state index in [4.69, 9.17) is 0 Å². The molecule has 0 aliphatic heterocycles. The molecule has 1 atom stereocenters. The molecule has 0 radical (unpaired) electrons. The Morgan fingerprint density at radius 1 is 1.42 bits per heavy atom. The number of amides is 1. The van der Waals surface area contributed by atoms with Gasteiger partial charge in [0.1, 0.15) is 0 Å². The first-order valence-electron chi connectivity index (χ1n) is 8.61.